The Labute approximate surface area is 91.5 Å². The van der Waals surface area contributed by atoms with E-state index in [9.17, 15) is 0 Å². The highest BCUT2D eigenvalue weighted by Gasteiger charge is 2.13. The molecule has 0 aliphatic carbocycles. The van der Waals surface area contributed by atoms with E-state index < -0.39 is 0 Å². The molecule has 0 fully saturated rings. The molecular formula is C11H21N3O. The van der Waals surface area contributed by atoms with Crippen LogP contribution in [0.15, 0.2) is 4.42 Å². The molecule has 0 aliphatic rings. The molecule has 4 heteroatoms. The molecule has 1 aromatic heterocycles. The molecule has 0 bridgehead atoms. The Morgan fingerprint density at radius 3 is 2.60 bits per heavy atom. The summed E-state index contributed by atoms with van der Waals surface area (Å²) in [5, 5.41) is 11.3. The number of hydrogen-bond donors (Lipinski definition) is 1. The summed E-state index contributed by atoms with van der Waals surface area (Å²) in [4.78, 5) is 0. The first kappa shape index (κ1) is 12.2. The number of nitrogens with zero attached hydrogens (tertiary/aromatic N) is 2. The van der Waals surface area contributed by atoms with Crippen LogP contribution in [0, 0.1) is 5.92 Å². The average molecular weight is 211 g/mol. The highest BCUT2D eigenvalue weighted by Crippen LogP contribution is 2.14. The Hall–Kier alpha value is -0.900. The molecule has 0 aromatic carbocycles. The molecule has 0 spiro atoms. The molecule has 4 nitrogen and oxygen atoms in total. The van der Waals surface area contributed by atoms with Gasteiger partial charge in [0.2, 0.25) is 11.8 Å². The summed E-state index contributed by atoms with van der Waals surface area (Å²) in [7, 11) is 0. The second kappa shape index (κ2) is 5.85. The molecule has 1 heterocycles. The van der Waals surface area contributed by atoms with Gasteiger partial charge in [0.15, 0.2) is 0 Å². The van der Waals surface area contributed by atoms with Crippen molar-refractivity contribution in [1.29, 1.82) is 0 Å². The van der Waals surface area contributed by atoms with Crippen molar-refractivity contribution in [2.45, 2.75) is 46.6 Å². The molecule has 2 unspecified atom stereocenters. The van der Waals surface area contributed by atoms with E-state index in [4.69, 9.17) is 4.42 Å². The van der Waals surface area contributed by atoms with Gasteiger partial charge in [0.25, 0.3) is 0 Å². The van der Waals surface area contributed by atoms with E-state index in [1.165, 1.54) is 0 Å². The second-order valence-electron chi connectivity index (χ2n) is 4.03. The van der Waals surface area contributed by atoms with Crippen LogP contribution < -0.4 is 5.32 Å². The Kier molecular flexibility index (Phi) is 4.75. The third-order valence-electron chi connectivity index (χ3n) is 2.58. The number of hydrogen-bond acceptors (Lipinski definition) is 4. The Morgan fingerprint density at radius 2 is 2.00 bits per heavy atom. The highest BCUT2D eigenvalue weighted by atomic mass is 16.4. The smallest absolute Gasteiger partial charge is 0.233 e. The molecular weight excluding hydrogens is 190 g/mol. The molecule has 1 N–H and O–H groups in total. The van der Waals surface area contributed by atoms with E-state index in [2.05, 4.69) is 36.3 Å². The van der Waals surface area contributed by atoms with Crippen LogP contribution in [0.2, 0.25) is 0 Å². The van der Waals surface area contributed by atoms with Crippen LogP contribution in [0.1, 0.15) is 51.9 Å². The van der Waals surface area contributed by atoms with E-state index in [0.717, 1.165) is 25.3 Å². The fourth-order valence-corrected chi connectivity index (χ4v) is 1.36. The predicted molar refractivity (Wildman–Crippen MR) is 59.5 cm³/mol. The molecule has 0 amide bonds. The Balaban J connectivity index is 2.55. The first-order valence-corrected chi connectivity index (χ1v) is 5.73. The summed E-state index contributed by atoms with van der Waals surface area (Å²) >= 11 is 0. The first-order valence-electron chi connectivity index (χ1n) is 5.73. The van der Waals surface area contributed by atoms with Gasteiger partial charge in [0.1, 0.15) is 0 Å². The minimum absolute atomic E-state index is 0.146. The van der Waals surface area contributed by atoms with Gasteiger partial charge in [-0.05, 0) is 19.4 Å². The van der Waals surface area contributed by atoms with Crippen molar-refractivity contribution in [3.8, 4) is 0 Å². The van der Waals surface area contributed by atoms with E-state index in [-0.39, 0.29) is 6.04 Å². The largest absolute Gasteiger partial charge is 0.424 e. The van der Waals surface area contributed by atoms with Crippen LogP contribution in [0.4, 0.5) is 0 Å². The van der Waals surface area contributed by atoms with Crippen LogP contribution >= 0.6 is 0 Å². The van der Waals surface area contributed by atoms with Gasteiger partial charge < -0.3 is 9.73 Å². The Morgan fingerprint density at radius 1 is 1.27 bits per heavy atom. The lowest BCUT2D eigenvalue weighted by Gasteiger charge is -2.06. The quantitative estimate of drug-likeness (QED) is 0.784. The van der Waals surface area contributed by atoms with Crippen LogP contribution in [0.3, 0.4) is 0 Å². The fourth-order valence-electron chi connectivity index (χ4n) is 1.36. The maximum absolute atomic E-state index is 5.59. The van der Waals surface area contributed by atoms with Gasteiger partial charge in [-0.25, -0.2) is 0 Å². The number of nitrogens with one attached hydrogen (secondary N) is 1. The molecule has 1 rings (SSSR count). The second-order valence-corrected chi connectivity index (χ2v) is 4.03. The Bertz CT molecular complexity index is 285. The lowest BCUT2D eigenvalue weighted by molar-refractivity contribution is 0.377. The SMILES string of the molecule is CCNC(C)c1nnc(CC(C)CC)o1. The molecule has 86 valence electrons. The molecule has 2 atom stereocenters. The molecule has 1 aromatic rings. The van der Waals surface area contributed by atoms with Gasteiger partial charge in [-0.1, -0.05) is 27.2 Å². The minimum atomic E-state index is 0.146. The number of aromatic nitrogens is 2. The summed E-state index contributed by atoms with van der Waals surface area (Å²) < 4.78 is 5.59. The van der Waals surface area contributed by atoms with Crippen LogP contribution in [-0.4, -0.2) is 16.7 Å². The molecule has 0 radical (unpaired) electrons. The van der Waals surface area contributed by atoms with E-state index in [1.54, 1.807) is 0 Å². The maximum atomic E-state index is 5.59. The third kappa shape index (κ3) is 3.63. The zero-order valence-electron chi connectivity index (χ0n) is 10.1. The van der Waals surface area contributed by atoms with E-state index >= 15 is 0 Å². The molecule has 0 saturated heterocycles. The van der Waals surface area contributed by atoms with Gasteiger partial charge in [-0.3, -0.25) is 0 Å². The van der Waals surface area contributed by atoms with Crippen molar-refractivity contribution in [1.82, 2.24) is 15.5 Å². The topological polar surface area (TPSA) is 51.0 Å². The zero-order valence-corrected chi connectivity index (χ0v) is 10.1. The normalized spacial score (nSPS) is 15.2. The first-order chi connectivity index (χ1) is 7.17. The van der Waals surface area contributed by atoms with Crippen molar-refractivity contribution >= 4 is 0 Å². The van der Waals surface area contributed by atoms with Crippen molar-refractivity contribution < 1.29 is 4.42 Å². The summed E-state index contributed by atoms with van der Waals surface area (Å²) in [6, 6.07) is 0.146. The van der Waals surface area contributed by atoms with Gasteiger partial charge in [-0.2, -0.15) is 0 Å². The molecule has 0 saturated carbocycles. The summed E-state index contributed by atoms with van der Waals surface area (Å²) in [6.07, 6.45) is 2.02. The lowest BCUT2D eigenvalue weighted by atomic mass is 10.1. The number of rotatable bonds is 6. The van der Waals surface area contributed by atoms with Crippen LogP contribution in [0.5, 0.6) is 0 Å². The van der Waals surface area contributed by atoms with E-state index in [1.807, 2.05) is 6.92 Å². The van der Waals surface area contributed by atoms with Gasteiger partial charge in [-0.15, -0.1) is 10.2 Å². The summed E-state index contributed by atoms with van der Waals surface area (Å²) in [6.45, 7) is 9.36. The van der Waals surface area contributed by atoms with Crippen molar-refractivity contribution in [2.75, 3.05) is 6.54 Å². The van der Waals surface area contributed by atoms with Gasteiger partial charge in [0.05, 0.1) is 6.04 Å². The minimum Gasteiger partial charge on any atom is -0.424 e. The van der Waals surface area contributed by atoms with Crippen molar-refractivity contribution in [3.05, 3.63) is 11.8 Å². The monoisotopic (exact) mass is 211 g/mol. The van der Waals surface area contributed by atoms with Crippen LogP contribution in [-0.2, 0) is 6.42 Å². The van der Waals surface area contributed by atoms with Gasteiger partial charge in [0, 0.05) is 6.42 Å². The highest BCUT2D eigenvalue weighted by molar-refractivity contribution is 4.88. The standard InChI is InChI=1S/C11H21N3O/c1-5-8(3)7-10-13-14-11(15-10)9(4)12-6-2/h8-9,12H,5-7H2,1-4H3. The van der Waals surface area contributed by atoms with Gasteiger partial charge >= 0.3 is 0 Å². The maximum Gasteiger partial charge on any atom is 0.233 e. The van der Waals surface area contributed by atoms with Crippen molar-refractivity contribution in [2.24, 2.45) is 5.92 Å². The zero-order chi connectivity index (χ0) is 11.3. The third-order valence-corrected chi connectivity index (χ3v) is 2.58. The predicted octanol–water partition coefficient (Wildman–Crippen LogP) is 2.33. The van der Waals surface area contributed by atoms with E-state index in [0.29, 0.717) is 11.8 Å². The average Bonchev–Trinajstić information content (AvgIpc) is 2.66. The summed E-state index contributed by atoms with van der Waals surface area (Å²) in [5.41, 5.74) is 0. The van der Waals surface area contributed by atoms with Crippen LogP contribution in [0.25, 0.3) is 0 Å². The summed E-state index contributed by atoms with van der Waals surface area (Å²) in [5.74, 6) is 2.05. The van der Waals surface area contributed by atoms with Crippen molar-refractivity contribution in [3.63, 3.8) is 0 Å². The fraction of sp³-hybridized carbons (Fsp3) is 0.818. The lowest BCUT2D eigenvalue weighted by Crippen LogP contribution is -2.17. The molecule has 0 aliphatic heterocycles. The molecule has 15 heavy (non-hydrogen) atoms.